The molecule has 0 heterocycles. The molecule has 0 aliphatic carbocycles. The lowest BCUT2D eigenvalue weighted by atomic mass is 10.0. The summed E-state index contributed by atoms with van der Waals surface area (Å²) >= 11 is 0. The number of phenolic OH excluding ortho intramolecular Hbond substituents is 1. The second kappa shape index (κ2) is 21.2. The van der Waals surface area contributed by atoms with Gasteiger partial charge in [-0.05, 0) is 37.6 Å². The number of aromatic hydroxyl groups is 1. The van der Waals surface area contributed by atoms with Crippen LogP contribution in [0.4, 0.5) is 0 Å². The fraction of sp³-hybridized carbons (Fsp3) is 0.724. The zero-order valence-corrected chi connectivity index (χ0v) is 22.2. The summed E-state index contributed by atoms with van der Waals surface area (Å²) in [4.78, 5) is 23.8. The second-order valence-electron chi connectivity index (χ2n) is 9.57. The molecule has 2 N–H and O–H groups in total. The van der Waals surface area contributed by atoms with E-state index in [0.717, 1.165) is 12.8 Å². The summed E-state index contributed by atoms with van der Waals surface area (Å²) in [6.45, 7) is 4.29. The van der Waals surface area contributed by atoms with Gasteiger partial charge >= 0.3 is 0 Å². The van der Waals surface area contributed by atoms with Crippen LogP contribution in [0.5, 0.6) is 11.5 Å². The Kier molecular flexibility index (Phi) is 18.8. The van der Waals surface area contributed by atoms with Crippen molar-refractivity contribution >= 4 is 11.8 Å². The van der Waals surface area contributed by atoms with E-state index >= 15 is 0 Å². The molecular weight excluding hydrogens is 442 g/mol. The highest BCUT2D eigenvalue weighted by molar-refractivity contribution is 5.95. The van der Waals surface area contributed by atoms with Gasteiger partial charge in [-0.15, -0.1) is 0 Å². The lowest BCUT2D eigenvalue weighted by Gasteiger charge is -2.13. The summed E-state index contributed by atoms with van der Waals surface area (Å²) in [5, 5.41) is 11.6. The SMILES string of the molecule is CCCCCCCCCCCCCCCCC(C)OCC(=O)NC(=O)CCOc1ccc(O)cc1. The molecule has 0 aliphatic heterocycles. The van der Waals surface area contributed by atoms with E-state index in [1.165, 1.54) is 95.6 Å². The molecule has 0 fully saturated rings. The molecule has 0 aromatic heterocycles. The van der Waals surface area contributed by atoms with Crippen LogP contribution >= 0.6 is 0 Å². The first-order chi connectivity index (χ1) is 17.0. The number of carbonyl (C=O) groups excluding carboxylic acids is 2. The maximum Gasteiger partial charge on any atom is 0.252 e. The highest BCUT2D eigenvalue weighted by Gasteiger charge is 2.11. The number of carbonyl (C=O) groups is 2. The van der Waals surface area contributed by atoms with Gasteiger partial charge in [-0.1, -0.05) is 96.8 Å². The van der Waals surface area contributed by atoms with E-state index in [-0.39, 0.29) is 31.5 Å². The Bertz CT molecular complexity index is 662. The maximum atomic E-state index is 11.9. The third kappa shape index (κ3) is 18.9. The molecule has 0 bridgehead atoms. The Balaban J connectivity index is 1.89. The highest BCUT2D eigenvalue weighted by Crippen LogP contribution is 2.16. The van der Waals surface area contributed by atoms with E-state index in [1.807, 2.05) is 6.92 Å². The minimum absolute atomic E-state index is 0.00556. The van der Waals surface area contributed by atoms with Crippen LogP contribution in [0.15, 0.2) is 24.3 Å². The fourth-order valence-electron chi connectivity index (χ4n) is 3.99. The van der Waals surface area contributed by atoms with Crippen molar-refractivity contribution in [2.75, 3.05) is 13.2 Å². The van der Waals surface area contributed by atoms with Gasteiger partial charge in [0.05, 0.1) is 19.1 Å². The van der Waals surface area contributed by atoms with Crippen molar-refractivity contribution in [3.8, 4) is 11.5 Å². The Hall–Kier alpha value is -2.08. The first kappa shape index (κ1) is 31.0. The minimum Gasteiger partial charge on any atom is -0.508 e. The lowest BCUT2D eigenvalue weighted by Crippen LogP contribution is -2.35. The van der Waals surface area contributed by atoms with Crippen molar-refractivity contribution in [1.29, 1.82) is 0 Å². The number of imide groups is 1. The number of ether oxygens (including phenoxy) is 2. The molecule has 35 heavy (non-hydrogen) atoms. The topological polar surface area (TPSA) is 84.9 Å². The average Bonchev–Trinajstić information content (AvgIpc) is 2.84. The fourth-order valence-corrected chi connectivity index (χ4v) is 3.99. The Morgan fingerprint density at radius 3 is 1.86 bits per heavy atom. The van der Waals surface area contributed by atoms with Crippen LogP contribution in [0, 0.1) is 0 Å². The summed E-state index contributed by atoms with van der Waals surface area (Å²) in [5.74, 6) is -0.105. The molecule has 0 radical (unpaired) electrons. The van der Waals surface area contributed by atoms with Crippen molar-refractivity contribution in [2.45, 2.75) is 123 Å². The number of rotatable bonds is 22. The molecule has 1 aromatic rings. The van der Waals surface area contributed by atoms with Crippen LogP contribution in [-0.2, 0) is 14.3 Å². The Labute approximate surface area is 213 Å². The van der Waals surface area contributed by atoms with E-state index in [4.69, 9.17) is 9.47 Å². The van der Waals surface area contributed by atoms with Gasteiger partial charge in [0.2, 0.25) is 5.91 Å². The average molecular weight is 492 g/mol. The van der Waals surface area contributed by atoms with Gasteiger partial charge in [0.25, 0.3) is 5.91 Å². The van der Waals surface area contributed by atoms with Gasteiger partial charge in [-0.2, -0.15) is 0 Å². The number of unbranched alkanes of at least 4 members (excludes halogenated alkanes) is 13. The van der Waals surface area contributed by atoms with E-state index < -0.39 is 11.8 Å². The minimum atomic E-state index is -0.424. The molecule has 1 unspecified atom stereocenters. The molecule has 2 amide bonds. The largest absolute Gasteiger partial charge is 0.508 e. The van der Waals surface area contributed by atoms with Crippen LogP contribution in [0.25, 0.3) is 0 Å². The molecular formula is C29H49NO5. The number of nitrogens with one attached hydrogen (secondary N) is 1. The van der Waals surface area contributed by atoms with Crippen molar-refractivity contribution in [3.63, 3.8) is 0 Å². The second-order valence-corrected chi connectivity index (χ2v) is 9.57. The number of amides is 2. The molecule has 6 heteroatoms. The summed E-state index contributed by atoms with van der Waals surface area (Å²) in [7, 11) is 0. The standard InChI is InChI=1S/C29H49NO5/c1-3-4-5-6-7-8-9-10-11-12-13-14-15-16-17-25(2)35-24-29(33)30-28(32)22-23-34-27-20-18-26(31)19-21-27/h18-21,25,31H,3-17,22-24H2,1-2H3,(H,30,32,33). The van der Waals surface area contributed by atoms with Crippen molar-refractivity contribution in [1.82, 2.24) is 5.32 Å². The summed E-state index contributed by atoms with van der Waals surface area (Å²) in [6.07, 6.45) is 19.7. The van der Waals surface area contributed by atoms with E-state index in [2.05, 4.69) is 12.2 Å². The monoisotopic (exact) mass is 491 g/mol. The summed E-state index contributed by atoms with van der Waals surface area (Å²) in [5.41, 5.74) is 0. The molecule has 1 rings (SSSR count). The van der Waals surface area contributed by atoms with Gasteiger partial charge in [0.1, 0.15) is 18.1 Å². The van der Waals surface area contributed by atoms with Crippen LogP contribution in [0.3, 0.4) is 0 Å². The van der Waals surface area contributed by atoms with Crippen molar-refractivity contribution < 1.29 is 24.2 Å². The van der Waals surface area contributed by atoms with Crippen LogP contribution in [0.1, 0.15) is 117 Å². The van der Waals surface area contributed by atoms with E-state index in [9.17, 15) is 14.7 Å². The Morgan fingerprint density at radius 1 is 0.800 bits per heavy atom. The number of hydrogen-bond donors (Lipinski definition) is 2. The quantitative estimate of drug-likeness (QED) is 0.169. The molecule has 0 saturated heterocycles. The maximum absolute atomic E-state index is 11.9. The van der Waals surface area contributed by atoms with Gasteiger partial charge in [0, 0.05) is 0 Å². The van der Waals surface area contributed by atoms with Crippen molar-refractivity contribution in [3.05, 3.63) is 24.3 Å². The van der Waals surface area contributed by atoms with Gasteiger partial charge in [-0.3, -0.25) is 14.9 Å². The predicted octanol–water partition coefficient (Wildman–Crippen LogP) is 7.08. The molecule has 200 valence electrons. The molecule has 6 nitrogen and oxygen atoms in total. The van der Waals surface area contributed by atoms with E-state index in [0.29, 0.717) is 5.75 Å². The molecule has 1 aromatic carbocycles. The molecule has 1 atom stereocenters. The normalized spacial score (nSPS) is 11.8. The number of hydrogen-bond acceptors (Lipinski definition) is 5. The Morgan fingerprint density at radius 2 is 1.31 bits per heavy atom. The zero-order valence-electron chi connectivity index (χ0n) is 22.2. The zero-order chi connectivity index (χ0) is 25.6. The van der Waals surface area contributed by atoms with E-state index in [1.54, 1.807) is 12.1 Å². The third-order valence-corrected chi connectivity index (χ3v) is 6.18. The predicted molar refractivity (Wildman–Crippen MR) is 142 cm³/mol. The van der Waals surface area contributed by atoms with Gasteiger partial charge in [-0.25, -0.2) is 0 Å². The van der Waals surface area contributed by atoms with Crippen LogP contribution in [-0.4, -0.2) is 36.2 Å². The van der Waals surface area contributed by atoms with Gasteiger partial charge in [0.15, 0.2) is 0 Å². The van der Waals surface area contributed by atoms with Crippen molar-refractivity contribution in [2.24, 2.45) is 0 Å². The molecule has 0 spiro atoms. The molecule has 0 saturated carbocycles. The smallest absolute Gasteiger partial charge is 0.252 e. The number of phenols is 1. The third-order valence-electron chi connectivity index (χ3n) is 6.18. The summed E-state index contributed by atoms with van der Waals surface area (Å²) in [6, 6.07) is 6.25. The van der Waals surface area contributed by atoms with Crippen LogP contribution in [0.2, 0.25) is 0 Å². The van der Waals surface area contributed by atoms with Crippen LogP contribution < -0.4 is 10.1 Å². The highest BCUT2D eigenvalue weighted by atomic mass is 16.5. The number of benzene rings is 1. The molecule has 0 aliphatic rings. The lowest BCUT2D eigenvalue weighted by molar-refractivity contribution is -0.134. The first-order valence-electron chi connectivity index (χ1n) is 13.9. The summed E-state index contributed by atoms with van der Waals surface area (Å²) < 4.78 is 11.0. The first-order valence-corrected chi connectivity index (χ1v) is 13.9. The van der Waals surface area contributed by atoms with Gasteiger partial charge < -0.3 is 14.6 Å².